The molecule has 0 saturated heterocycles. The average molecular weight is 404 g/mol. The first-order valence-electron chi connectivity index (χ1n) is 5.80. The molecule has 0 spiro atoms. The molecule has 0 aliphatic rings. The SMILES string of the molecule is COc1ccccc1NC(N)=NCc1ncc(C)s1.I. The fourth-order valence-corrected chi connectivity index (χ4v) is 2.26. The van der Waals surface area contributed by atoms with Crippen molar-refractivity contribution in [1.29, 1.82) is 0 Å². The highest BCUT2D eigenvalue weighted by Gasteiger charge is 2.03. The molecule has 20 heavy (non-hydrogen) atoms. The quantitative estimate of drug-likeness (QED) is 0.467. The van der Waals surface area contributed by atoms with E-state index in [1.807, 2.05) is 37.4 Å². The van der Waals surface area contributed by atoms with Crippen LogP contribution in [0.25, 0.3) is 0 Å². The van der Waals surface area contributed by atoms with E-state index >= 15 is 0 Å². The molecular weight excluding hydrogens is 387 g/mol. The fourth-order valence-electron chi connectivity index (χ4n) is 1.55. The van der Waals surface area contributed by atoms with Gasteiger partial charge in [-0.25, -0.2) is 9.98 Å². The van der Waals surface area contributed by atoms with E-state index in [1.54, 1.807) is 18.4 Å². The third-order valence-electron chi connectivity index (χ3n) is 2.42. The summed E-state index contributed by atoms with van der Waals surface area (Å²) < 4.78 is 5.23. The van der Waals surface area contributed by atoms with Crippen LogP contribution in [0.15, 0.2) is 35.5 Å². The Labute approximate surface area is 139 Å². The number of aryl methyl sites for hydroxylation is 1. The van der Waals surface area contributed by atoms with Crippen molar-refractivity contribution >= 4 is 47.0 Å². The Morgan fingerprint density at radius 2 is 2.20 bits per heavy atom. The second-order valence-electron chi connectivity index (χ2n) is 3.89. The van der Waals surface area contributed by atoms with Crippen LogP contribution in [0.2, 0.25) is 0 Å². The molecule has 1 heterocycles. The van der Waals surface area contributed by atoms with Gasteiger partial charge in [0.1, 0.15) is 10.8 Å². The summed E-state index contributed by atoms with van der Waals surface area (Å²) in [6, 6.07) is 7.55. The number of rotatable bonds is 4. The molecular formula is C13H17IN4OS. The maximum absolute atomic E-state index is 5.84. The average Bonchev–Trinajstić information content (AvgIpc) is 2.83. The summed E-state index contributed by atoms with van der Waals surface area (Å²) in [6.45, 7) is 2.49. The van der Waals surface area contributed by atoms with Crippen LogP contribution in [0.3, 0.4) is 0 Å². The number of aliphatic imine (C=N–C) groups is 1. The number of para-hydroxylation sites is 2. The van der Waals surface area contributed by atoms with Gasteiger partial charge in [0.15, 0.2) is 5.96 Å². The smallest absolute Gasteiger partial charge is 0.193 e. The van der Waals surface area contributed by atoms with E-state index in [1.165, 1.54) is 4.88 Å². The molecule has 108 valence electrons. The Balaban J connectivity index is 0.00000200. The Morgan fingerprint density at radius 3 is 2.85 bits per heavy atom. The minimum atomic E-state index is 0. The lowest BCUT2D eigenvalue weighted by Crippen LogP contribution is -2.22. The van der Waals surface area contributed by atoms with E-state index in [4.69, 9.17) is 10.5 Å². The zero-order valence-corrected chi connectivity index (χ0v) is 14.4. The monoisotopic (exact) mass is 404 g/mol. The van der Waals surface area contributed by atoms with E-state index in [9.17, 15) is 0 Å². The van der Waals surface area contributed by atoms with Crippen LogP contribution < -0.4 is 15.8 Å². The van der Waals surface area contributed by atoms with Crippen molar-refractivity contribution < 1.29 is 4.74 Å². The number of anilines is 1. The molecule has 5 nitrogen and oxygen atoms in total. The molecule has 0 aliphatic heterocycles. The highest BCUT2D eigenvalue weighted by atomic mass is 127. The van der Waals surface area contributed by atoms with Crippen molar-refractivity contribution in [3.8, 4) is 5.75 Å². The number of nitrogens with two attached hydrogens (primary N) is 1. The molecule has 0 unspecified atom stereocenters. The predicted molar refractivity (Wildman–Crippen MR) is 94.2 cm³/mol. The van der Waals surface area contributed by atoms with Crippen LogP contribution in [0.4, 0.5) is 5.69 Å². The molecule has 0 aliphatic carbocycles. The molecule has 0 radical (unpaired) electrons. The number of hydrogen-bond donors (Lipinski definition) is 2. The maximum atomic E-state index is 5.84. The Hall–Kier alpha value is -1.35. The minimum Gasteiger partial charge on any atom is -0.495 e. The molecule has 0 atom stereocenters. The van der Waals surface area contributed by atoms with E-state index in [-0.39, 0.29) is 24.0 Å². The van der Waals surface area contributed by atoms with Gasteiger partial charge in [0.05, 0.1) is 19.3 Å². The number of ether oxygens (including phenoxy) is 1. The zero-order chi connectivity index (χ0) is 13.7. The van der Waals surface area contributed by atoms with E-state index < -0.39 is 0 Å². The number of nitrogens with zero attached hydrogens (tertiary/aromatic N) is 2. The first-order chi connectivity index (χ1) is 9.19. The Bertz CT molecular complexity index is 585. The Kier molecular flexibility index (Phi) is 6.73. The lowest BCUT2D eigenvalue weighted by atomic mass is 10.3. The van der Waals surface area contributed by atoms with Gasteiger partial charge in [0.25, 0.3) is 0 Å². The minimum absolute atomic E-state index is 0. The zero-order valence-electron chi connectivity index (χ0n) is 11.3. The van der Waals surface area contributed by atoms with Gasteiger partial charge in [-0.15, -0.1) is 35.3 Å². The van der Waals surface area contributed by atoms with Gasteiger partial charge in [-0.05, 0) is 19.1 Å². The van der Waals surface area contributed by atoms with Crippen LogP contribution in [0.5, 0.6) is 5.75 Å². The van der Waals surface area contributed by atoms with Crippen molar-refractivity contribution in [2.75, 3.05) is 12.4 Å². The number of guanidine groups is 1. The highest BCUT2D eigenvalue weighted by Crippen LogP contribution is 2.22. The van der Waals surface area contributed by atoms with Gasteiger partial charge in [-0.1, -0.05) is 12.1 Å². The summed E-state index contributed by atoms with van der Waals surface area (Å²) in [4.78, 5) is 9.65. The summed E-state index contributed by atoms with van der Waals surface area (Å²) in [5, 5.41) is 3.96. The number of benzene rings is 1. The van der Waals surface area contributed by atoms with Crippen LogP contribution >= 0.6 is 35.3 Å². The second kappa shape index (κ2) is 8.05. The third-order valence-corrected chi connectivity index (χ3v) is 3.32. The summed E-state index contributed by atoms with van der Waals surface area (Å²) in [6.07, 6.45) is 1.83. The Morgan fingerprint density at radius 1 is 1.45 bits per heavy atom. The molecule has 2 rings (SSSR count). The van der Waals surface area contributed by atoms with Crippen molar-refractivity contribution in [3.05, 3.63) is 40.3 Å². The maximum Gasteiger partial charge on any atom is 0.193 e. The van der Waals surface area contributed by atoms with Crippen molar-refractivity contribution in [3.63, 3.8) is 0 Å². The van der Waals surface area contributed by atoms with Gasteiger partial charge in [-0.3, -0.25) is 0 Å². The largest absolute Gasteiger partial charge is 0.495 e. The molecule has 0 fully saturated rings. The molecule has 1 aromatic heterocycles. The standard InChI is InChI=1S/C13H16N4OS.HI/c1-9-7-15-12(19-9)8-16-13(14)17-10-5-3-4-6-11(10)18-2;/h3-7H,8H2,1-2H3,(H3,14,16,17);1H. The van der Waals surface area contributed by atoms with Crippen LogP contribution in [0, 0.1) is 6.92 Å². The van der Waals surface area contributed by atoms with Gasteiger partial charge in [-0.2, -0.15) is 0 Å². The molecule has 1 aromatic carbocycles. The normalized spacial score (nSPS) is 10.8. The topological polar surface area (TPSA) is 72.5 Å². The van der Waals surface area contributed by atoms with Crippen molar-refractivity contribution in [1.82, 2.24) is 4.98 Å². The first-order valence-corrected chi connectivity index (χ1v) is 6.62. The van der Waals surface area contributed by atoms with E-state index in [0.29, 0.717) is 12.5 Å². The number of methoxy groups -OCH3 is 1. The fraction of sp³-hybridized carbons (Fsp3) is 0.231. The summed E-state index contributed by atoms with van der Waals surface area (Å²) >= 11 is 1.62. The lowest BCUT2D eigenvalue weighted by Gasteiger charge is -2.09. The molecule has 0 bridgehead atoms. The van der Waals surface area contributed by atoms with Crippen molar-refractivity contribution in [2.24, 2.45) is 10.7 Å². The van der Waals surface area contributed by atoms with Crippen LogP contribution in [-0.4, -0.2) is 18.1 Å². The van der Waals surface area contributed by atoms with Crippen molar-refractivity contribution in [2.45, 2.75) is 13.5 Å². The summed E-state index contributed by atoms with van der Waals surface area (Å²) in [7, 11) is 1.62. The second-order valence-corrected chi connectivity index (χ2v) is 5.21. The number of thiazole rings is 1. The van der Waals surface area contributed by atoms with Gasteiger partial charge >= 0.3 is 0 Å². The number of nitrogens with one attached hydrogen (secondary N) is 1. The lowest BCUT2D eigenvalue weighted by molar-refractivity contribution is 0.417. The first kappa shape index (κ1) is 16.7. The number of hydrogen-bond acceptors (Lipinski definition) is 4. The molecule has 3 N–H and O–H groups in total. The number of halogens is 1. The molecule has 7 heteroatoms. The van der Waals surface area contributed by atoms with Gasteiger partial charge < -0.3 is 15.8 Å². The predicted octanol–water partition coefficient (Wildman–Crippen LogP) is 3.00. The summed E-state index contributed by atoms with van der Waals surface area (Å²) in [5.74, 6) is 1.07. The van der Waals surface area contributed by atoms with E-state index in [2.05, 4.69) is 15.3 Å². The van der Waals surface area contributed by atoms with Crippen LogP contribution in [0.1, 0.15) is 9.88 Å². The highest BCUT2D eigenvalue weighted by molar-refractivity contribution is 14.0. The summed E-state index contributed by atoms with van der Waals surface area (Å²) in [5.41, 5.74) is 6.64. The van der Waals surface area contributed by atoms with Gasteiger partial charge in [0, 0.05) is 11.1 Å². The molecule has 0 saturated carbocycles. The van der Waals surface area contributed by atoms with E-state index in [0.717, 1.165) is 16.4 Å². The number of aromatic nitrogens is 1. The third kappa shape index (κ3) is 4.64. The van der Waals surface area contributed by atoms with Gasteiger partial charge in [0.2, 0.25) is 0 Å². The molecule has 0 amide bonds. The molecule has 2 aromatic rings. The van der Waals surface area contributed by atoms with Crippen LogP contribution in [-0.2, 0) is 6.54 Å².